The number of hydrogen-bond donors (Lipinski definition) is 0. The number of ether oxygens (including phenoxy) is 1. The Balaban J connectivity index is 2.59. The Morgan fingerprint density at radius 1 is 1.44 bits per heavy atom. The summed E-state index contributed by atoms with van der Waals surface area (Å²) in [6.45, 7) is 3.80. The molecule has 0 aromatic heterocycles. The van der Waals surface area contributed by atoms with E-state index in [1.165, 1.54) is 0 Å². The predicted molar refractivity (Wildman–Crippen MR) is 67.3 cm³/mol. The molecule has 2 rings (SSSR count). The molecule has 3 heteroatoms. The number of carbonyl (C=O) groups excluding carboxylic acids is 1. The summed E-state index contributed by atoms with van der Waals surface area (Å²) in [5.41, 5.74) is 2.09. The van der Waals surface area contributed by atoms with Gasteiger partial charge in [-0.1, -0.05) is 6.92 Å². The lowest BCUT2D eigenvalue weighted by molar-refractivity contribution is 0.101. The van der Waals surface area contributed by atoms with Crippen LogP contribution in [-0.2, 0) is 5.41 Å². The van der Waals surface area contributed by atoms with Crippen LogP contribution in [0.2, 0.25) is 0 Å². The van der Waals surface area contributed by atoms with Crippen LogP contribution in [0.3, 0.4) is 0 Å². The van der Waals surface area contributed by atoms with Crippen LogP contribution in [-0.4, -0.2) is 12.9 Å². The SMILES string of the molecule is COc1c(Br)cc(C(C)=O)cc1C1(C)CC1. The van der Waals surface area contributed by atoms with E-state index in [9.17, 15) is 4.79 Å². The molecular weight excluding hydrogens is 268 g/mol. The van der Waals surface area contributed by atoms with Crippen LogP contribution in [0.25, 0.3) is 0 Å². The molecule has 0 atom stereocenters. The lowest BCUT2D eigenvalue weighted by Crippen LogP contribution is -2.06. The third-order valence-corrected chi connectivity index (χ3v) is 3.89. The number of halogens is 1. The van der Waals surface area contributed by atoms with Crippen LogP contribution in [0, 0.1) is 0 Å². The van der Waals surface area contributed by atoms with Gasteiger partial charge in [0.25, 0.3) is 0 Å². The van der Waals surface area contributed by atoms with Gasteiger partial charge in [0.2, 0.25) is 0 Å². The van der Waals surface area contributed by atoms with Crippen molar-refractivity contribution in [2.24, 2.45) is 0 Å². The van der Waals surface area contributed by atoms with Gasteiger partial charge >= 0.3 is 0 Å². The van der Waals surface area contributed by atoms with E-state index in [0.717, 1.165) is 34.2 Å². The van der Waals surface area contributed by atoms with E-state index in [-0.39, 0.29) is 11.2 Å². The standard InChI is InChI=1S/C13H15BrO2/c1-8(15)9-6-10(13(2)4-5-13)12(16-3)11(14)7-9/h6-7H,4-5H2,1-3H3. The highest BCUT2D eigenvalue weighted by molar-refractivity contribution is 9.10. The second kappa shape index (κ2) is 3.88. The van der Waals surface area contributed by atoms with Gasteiger partial charge in [0, 0.05) is 11.1 Å². The number of benzene rings is 1. The summed E-state index contributed by atoms with van der Waals surface area (Å²) in [6, 6.07) is 3.80. The summed E-state index contributed by atoms with van der Waals surface area (Å²) in [7, 11) is 1.67. The van der Waals surface area contributed by atoms with Gasteiger partial charge in [-0.2, -0.15) is 0 Å². The second-order valence-corrected chi connectivity index (χ2v) is 5.51. The van der Waals surface area contributed by atoms with Crippen molar-refractivity contribution in [1.29, 1.82) is 0 Å². The summed E-state index contributed by atoms with van der Waals surface area (Å²) < 4.78 is 6.29. The third kappa shape index (κ3) is 1.88. The highest BCUT2D eigenvalue weighted by atomic mass is 79.9. The Bertz CT molecular complexity index is 447. The zero-order chi connectivity index (χ0) is 11.9. The average Bonchev–Trinajstić information content (AvgIpc) is 2.96. The maximum atomic E-state index is 11.4. The van der Waals surface area contributed by atoms with Crippen molar-refractivity contribution in [3.05, 3.63) is 27.7 Å². The molecule has 0 heterocycles. The molecule has 2 nitrogen and oxygen atoms in total. The zero-order valence-electron chi connectivity index (χ0n) is 9.76. The van der Waals surface area contributed by atoms with Gasteiger partial charge in [-0.3, -0.25) is 4.79 Å². The summed E-state index contributed by atoms with van der Waals surface area (Å²) in [5.74, 6) is 0.957. The minimum absolute atomic E-state index is 0.0915. The van der Waals surface area contributed by atoms with Crippen LogP contribution in [0.1, 0.15) is 42.6 Å². The van der Waals surface area contributed by atoms with Crippen LogP contribution in [0.5, 0.6) is 5.75 Å². The Morgan fingerprint density at radius 2 is 2.06 bits per heavy atom. The molecule has 1 saturated carbocycles. The molecule has 86 valence electrons. The van der Waals surface area contributed by atoms with Crippen molar-refractivity contribution in [2.75, 3.05) is 7.11 Å². The molecular formula is C13H15BrO2. The van der Waals surface area contributed by atoms with Crippen LogP contribution < -0.4 is 4.74 Å². The fourth-order valence-electron chi connectivity index (χ4n) is 1.91. The molecule has 0 N–H and O–H groups in total. The number of Topliss-reactive ketones (excluding diaryl/α,β-unsaturated/α-hetero) is 1. The van der Waals surface area contributed by atoms with E-state index in [1.54, 1.807) is 14.0 Å². The number of ketones is 1. The quantitative estimate of drug-likeness (QED) is 0.790. The third-order valence-electron chi connectivity index (χ3n) is 3.30. The molecule has 0 spiro atoms. The molecule has 0 bridgehead atoms. The van der Waals surface area contributed by atoms with Crippen LogP contribution in [0.4, 0.5) is 0 Å². The normalized spacial score (nSPS) is 17.0. The van der Waals surface area contributed by atoms with Crippen molar-refractivity contribution in [1.82, 2.24) is 0 Å². The van der Waals surface area contributed by atoms with Crippen LogP contribution in [0.15, 0.2) is 16.6 Å². The molecule has 1 aromatic carbocycles. The molecule has 0 amide bonds. The monoisotopic (exact) mass is 282 g/mol. The minimum Gasteiger partial charge on any atom is -0.495 e. The van der Waals surface area contributed by atoms with Gasteiger partial charge in [-0.05, 0) is 53.2 Å². The van der Waals surface area contributed by atoms with Crippen molar-refractivity contribution in [2.45, 2.75) is 32.1 Å². The summed E-state index contributed by atoms with van der Waals surface area (Å²) >= 11 is 3.47. The Kier molecular flexibility index (Phi) is 2.82. The largest absolute Gasteiger partial charge is 0.495 e. The molecule has 1 aliphatic rings. The van der Waals surface area contributed by atoms with Gasteiger partial charge in [0.1, 0.15) is 5.75 Å². The predicted octanol–water partition coefficient (Wildman–Crippen LogP) is 3.71. The molecule has 0 saturated heterocycles. The van der Waals surface area contributed by atoms with E-state index < -0.39 is 0 Å². The number of rotatable bonds is 3. The maximum Gasteiger partial charge on any atom is 0.159 e. The van der Waals surface area contributed by atoms with Crippen LogP contribution >= 0.6 is 15.9 Å². The lowest BCUT2D eigenvalue weighted by Gasteiger charge is -2.16. The first kappa shape index (κ1) is 11.6. The highest BCUT2D eigenvalue weighted by Gasteiger charge is 2.42. The van der Waals surface area contributed by atoms with Crippen molar-refractivity contribution in [3.8, 4) is 5.75 Å². The first-order valence-corrected chi connectivity index (χ1v) is 6.16. The first-order chi connectivity index (χ1) is 7.48. The lowest BCUT2D eigenvalue weighted by atomic mass is 9.94. The fraction of sp³-hybridized carbons (Fsp3) is 0.462. The summed E-state index contributed by atoms with van der Waals surface area (Å²) in [6.07, 6.45) is 2.33. The fourth-order valence-corrected chi connectivity index (χ4v) is 2.53. The summed E-state index contributed by atoms with van der Waals surface area (Å²) in [5, 5.41) is 0. The van der Waals surface area contributed by atoms with Gasteiger partial charge in [0.05, 0.1) is 11.6 Å². The Hall–Kier alpha value is -0.830. The number of methoxy groups -OCH3 is 1. The van der Waals surface area contributed by atoms with E-state index in [1.807, 2.05) is 12.1 Å². The van der Waals surface area contributed by atoms with Crippen molar-refractivity contribution >= 4 is 21.7 Å². The molecule has 1 fully saturated rings. The minimum atomic E-state index is 0.0915. The Labute approximate surface area is 104 Å². The maximum absolute atomic E-state index is 11.4. The number of carbonyl (C=O) groups is 1. The summed E-state index contributed by atoms with van der Waals surface area (Å²) in [4.78, 5) is 11.4. The first-order valence-electron chi connectivity index (χ1n) is 5.37. The van der Waals surface area contributed by atoms with E-state index in [2.05, 4.69) is 22.9 Å². The molecule has 0 aliphatic heterocycles. The average molecular weight is 283 g/mol. The van der Waals surface area contributed by atoms with Gasteiger partial charge < -0.3 is 4.74 Å². The van der Waals surface area contributed by atoms with Crippen molar-refractivity contribution < 1.29 is 9.53 Å². The van der Waals surface area contributed by atoms with Gasteiger partial charge in [-0.15, -0.1) is 0 Å². The topological polar surface area (TPSA) is 26.3 Å². The van der Waals surface area contributed by atoms with Gasteiger partial charge in [-0.25, -0.2) is 0 Å². The van der Waals surface area contributed by atoms with E-state index >= 15 is 0 Å². The smallest absolute Gasteiger partial charge is 0.159 e. The molecule has 1 aromatic rings. The van der Waals surface area contributed by atoms with Crippen molar-refractivity contribution in [3.63, 3.8) is 0 Å². The van der Waals surface area contributed by atoms with Gasteiger partial charge in [0.15, 0.2) is 5.78 Å². The van der Waals surface area contributed by atoms with E-state index in [4.69, 9.17) is 4.74 Å². The molecule has 1 aliphatic carbocycles. The molecule has 0 radical (unpaired) electrons. The highest BCUT2D eigenvalue weighted by Crippen LogP contribution is 2.52. The molecule has 0 unspecified atom stereocenters. The second-order valence-electron chi connectivity index (χ2n) is 4.66. The van der Waals surface area contributed by atoms with E-state index in [0.29, 0.717) is 0 Å². The number of hydrogen-bond acceptors (Lipinski definition) is 2. The Morgan fingerprint density at radius 3 is 2.50 bits per heavy atom. The zero-order valence-corrected chi connectivity index (χ0v) is 11.3. The molecule has 16 heavy (non-hydrogen) atoms.